The van der Waals surface area contributed by atoms with Crippen molar-refractivity contribution in [3.05, 3.63) is 41.7 Å². The molecule has 0 aliphatic rings. The molecule has 2 aromatic rings. The van der Waals surface area contributed by atoms with E-state index >= 15 is 0 Å². The summed E-state index contributed by atoms with van der Waals surface area (Å²) >= 11 is 0. The third-order valence-electron chi connectivity index (χ3n) is 2.96. The molecule has 0 saturated carbocycles. The summed E-state index contributed by atoms with van der Waals surface area (Å²) in [5.74, 6) is 0.308. The zero-order chi connectivity index (χ0) is 14.9. The number of anilines is 1. The van der Waals surface area contributed by atoms with Gasteiger partial charge in [-0.15, -0.1) is 0 Å². The molecule has 0 aliphatic heterocycles. The van der Waals surface area contributed by atoms with Gasteiger partial charge in [0.25, 0.3) is 0 Å². The number of rotatable bonds is 2. The second kappa shape index (κ2) is 5.11. The molecule has 0 aliphatic carbocycles. The van der Waals surface area contributed by atoms with Crippen molar-refractivity contribution in [3.8, 4) is 11.3 Å². The fourth-order valence-electron chi connectivity index (χ4n) is 2.05. The van der Waals surface area contributed by atoms with Crippen LogP contribution in [0.5, 0.6) is 0 Å². The van der Waals surface area contributed by atoms with Gasteiger partial charge in [-0.1, -0.05) is 26.0 Å². The number of halogens is 3. The lowest BCUT2D eigenvalue weighted by Gasteiger charge is -2.14. The molecule has 0 amide bonds. The van der Waals surface area contributed by atoms with Crippen LogP contribution in [-0.2, 0) is 6.18 Å². The molecular weight excluding hydrogens is 267 g/mol. The highest BCUT2D eigenvalue weighted by atomic mass is 19.4. The van der Waals surface area contributed by atoms with Crippen molar-refractivity contribution in [2.24, 2.45) is 0 Å². The standard InChI is InChI=1S/C14H14F3N3/c1-8(2)11-12(19-7-20-13(11)18)9-4-3-5-10(6-9)14(15,16)17/h3-8H,1-2H3,(H2,18,19,20). The van der Waals surface area contributed by atoms with E-state index in [9.17, 15) is 13.2 Å². The molecule has 3 nitrogen and oxygen atoms in total. The van der Waals surface area contributed by atoms with Crippen LogP contribution in [0.25, 0.3) is 11.3 Å². The van der Waals surface area contributed by atoms with Gasteiger partial charge in [-0.2, -0.15) is 13.2 Å². The molecule has 1 aromatic carbocycles. The normalized spacial score (nSPS) is 11.9. The van der Waals surface area contributed by atoms with Gasteiger partial charge in [0.15, 0.2) is 0 Å². The molecule has 6 heteroatoms. The van der Waals surface area contributed by atoms with Crippen LogP contribution >= 0.6 is 0 Å². The van der Waals surface area contributed by atoms with E-state index in [2.05, 4.69) is 9.97 Å². The van der Waals surface area contributed by atoms with E-state index in [4.69, 9.17) is 5.73 Å². The van der Waals surface area contributed by atoms with Crippen molar-refractivity contribution in [2.75, 3.05) is 5.73 Å². The highest BCUT2D eigenvalue weighted by Gasteiger charge is 2.30. The lowest BCUT2D eigenvalue weighted by molar-refractivity contribution is -0.137. The summed E-state index contributed by atoms with van der Waals surface area (Å²) in [4.78, 5) is 8.00. The summed E-state index contributed by atoms with van der Waals surface area (Å²) in [6.45, 7) is 3.79. The quantitative estimate of drug-likeness (QED) is 0.909. The Morgan fingerprint density at radius 1 is 1.15 bits per heavy atom. The minimum atomic E-state index is -4.38. The highest BCUT2D eigenvalue weighted by molar-refractivity contribution is 5.68. The number of nitrogens with two attached hydrogens (primary N) is 1. The third kappa shape index (κ3) is 2.74. The number of hydrogen-bond acceptors (Lipinski definition) is 3. The maximum atomic E-state index is 12.8. The van der Waals surface area contributed by atoms with Crippen molar-refractivity contribution in [1.82, 2.24) is 9.97 Å². The first-order chi connectivity index (χ1) is 9.30. The predicted octanol–water partition coefficient (Wildman–Crippen LogP) is 3.87. The molecule has 106 valence electrons. The third-order valence-corrected chi connectivity index (χ3v) is 2.96. The highest BCUT2D eigenvalue weighted by Crippen LogP contribution is 2.34. The number of hydrogen-bond donors (Lipinski definition) is 1. The first-order valence-corrected chi connectivity index (χ1v) is 6.08. The average Bonchev–Trinajstić information content (AvgIpc) is 2.37. The van der Waals surface area contributed by atoms with Crippen LogP contribution in [0.15, 0.2) is 30.6 Å². The summed E-state index contributed by atoms with van der Waals surface area (Å²) in [6, 6.07) is 5.06. The Labute approximate surface area is 114 Å². The summed E-state index contributed by atoms with van der Waals surface area (Å²) in [6.07, 6.45) is -3.12. The molecule has 20 heavy (non-hydrogen) atoms. The van der Waals surface area contributed by atoms with E-state index in [-0.39, 0.29) is 5.92 Å². The number of nitrogens with zero attached hydrogens (tertiary/aromatic N) is 2. The maximum Gasteiger partial charge on any atom is 0.416 e. The van der Waals surface area contributed by atoms with Crippen molar-refractivity contribution < 1.29 is 13.2 Å². The van der Waals surface area contributed by atoms with Gasteiger partial charge >= 0.3 is 6.18 Å². The zero-order valence-electron chi connectivity index (χ0n) is 11.1. The van der Waals surface area contributed by atoms with E-state index in [0.29, 0.717) is 22.6 Å². The number of benzene rings is 1. The van der Waals surface area contributed by atoms with Crippen LogP contribution in [0.4, 0.5) is 19.0 Å². The molecule has 0 fully saturated rings. The van der Waals surface area contributed by atoms with Crippen LogP contribution < -0.4 is 5.73 Å². The van der Waals surface area contributed by atoms with Crippen LogP contribution in [-0.4, -0.2) is 9.97 Å². The second-order valence-electron chi connectivity index (χ2n) is 4.75. The Kier molecular flexibility index (Phi) is 3.65. The molecule has 0 unspecified atom stereocenters. The van der Waals surface area contributed by atoms with Gasteiger partial charge in [0.1, 0.15) is 12.1 Å². The molecule has 0 spiro atoms. The van der Waals surface area contributed by atoms with Crippen LogP contribution in [0.1, 0.15) is 30.9 Å². The van der Waals surface area contributed by atoms with Crippen molar-refractivity contribution in [1.29, 1.82) is 0 Å². The minimum Gasteiger partial charge on any atom is -0.383 e. The van der Waals surface area contributed by atoms with Crippen LogP contribution in [0.2, 0.25) is 0 Å². The monoisotopic (exact) mass is 281 g/mol. The molecule has 1 aromatic heterocycles. The second-order valence-corrected chi connectivity index (χ2v) is 4.75. The lowest BCUT2D eigenvalue weighted by Crippen LogP contribution is -2.07. The Balaban J connectivity index is 2.61. The fraction of sp³-hybridized carbons (Fsp3) is 0.286. The molecule has 1 heterocycles. The average molecular weight is 281 g/mol. The Bertz CT molecular complexity index is 621. The molecule has 0 saturated heterocycles. The van der Waals surface area contributed by atoms with E-state index in [0.717, 1.165) is 12.1 Å². The minimum absolute atomic E-state index is 0.0146. The Morgan fingerprint density at radius 3 is 2.45 bits per heavy atom. The molecule has 0 atom stereocenters. The van der Waals surface area contributed by atoms with Gasteiger partial charge in [0, 0.05) is 11.1 Å². The van der Waals surface area contributed by atoms with Crippen molar-refractivity contribution in [3.63, 3.8) is 0 Å². The molecule has 0 bridgehead atoms. The van der Waals surface area contributed by atoms with Crippen molar-refractivity contribution >= 4 is 5.82 Å². The fourth-order valence-corrected chi connectivity index (χ4v) is 2.05. The first-order valence-electron chi connectivity index (χ1n) is 6.08. The zero-order valence-corrected chi connectivity index (χ0v) is 11.1. The van der Waals surface area contributed by atoms with Crippen LogP contribution in [0.3, 0.4) is 0 Å². The van der Waals surface area contributed by atoms with Gasteiger partial charge in [-0.3, -0.25) is 0 Å². The van der Waals surface area contributed by atoms with E-state index in [1.54, 1.807) is 6.07 Å². The predicted molar refractivity (Wildman–Crippen MR) is 71.0 cm³/mol. The van der Waals surface area contributed by atoms with Gasteiger partial charge in [0.2, 0.25) is 0 Å². The lowest BCUT2D eigenvalue weighted by atomic mass is 9.96. The largest absolute Gasteiger partial charge is 0.416 e. The Morgan fingerprint density at radius 2 is 1.85 bits per heavy atom. The smallest absolute Gasteiger partial charge is 0.383 e. The van der Waals surface area contributed by atoms with E-state index < -0.39 is 11.7 Å². The van der Waals surface area contributed by atoms with Gasteiger partial charge in [-0.05, 0) is 18.1 Å². The molecule has 2 rings (SSSR count). The summed E-state index contributed by atoms with van der Waals surface area (Å²) in [5.41, 5.74) is 6.59. The Hall–Kier alpha value is -2.11. The molecule has 0 radical (unpaired) electrons. The van der Waals surface area contributed by atoms with Crippen molar-refractivity contribution in [2.45, 2.75) is 25.9 Å². The topological polar surface area (TPSA) is 51.8 Å². The maximum absolute atomic E-state index is 12.8. The number of aromatic nitrogens is 2. The van der Waals surface area contributed by atoms with Gasteiger partial charge in [-0.25, -0.2) is 9.97 Å². The first kappa shape index (κ1) is 14.3. The SMILES string of the molecule is CC(C)c1c(N)ncnc1-c1cccc(C(F)(F)F)c1. The summed E-state index contributed by atoms with van der Waals surface area (Å²) in [5, 5.41) is 0. The number of alkyl halides is 3. The molecular formula is C14H14F3N3. The van der Waals surface area contributed by atoms with E-state index in [1.807, 2.05) is 13.8 Å². The molecule has 2 N–H and O–H groups in total. The van der Waals surface area contributed by atoms with Gasteiger partial charge < -0.3 is 5.73 Å². The van der Waals surface area contributed by atoms with Gasteiger partial charge in [0.05, 0.1) is 11.3 Å². The van der Waals surface area contributed by atoms with Crippen LogP contribution in [0, 0.1) is 0 Å². The van der Waals surface area contributed by atoms with E-state index in [1.165, 1.54) is 12.4 Å². The summed E-state index contributed by atoms with van der Waals surface area (Å²) in [7, 11) is 0. The number of nitrogen functional groups attached to an aromatic ring is 1. The summed E-state index contributed by atoms with van der Waals surface area (Å²) < 4.78 is 38.3.